The number of nitrogens with zero attached hydrogens (tertiary/aromatic N) is 2. The minimum Gasteiger partial charge on any atom is -0.316 e. The Labute approximate surface area is 154 Å². The molecule has 0 aromatic heterocycles. The number of halogens is 4. The highest BCUT2D eigenvalue weighted by Gasteiger charge is 2.32. The fourth-order valence-electron chi connectivity index (χ4n) is 3.75. The van der Waals surface area contributed by atoms with E-state index in [1.165, 1.54) is 18.6 Å². The Morgan fingerprint density at radius 2 is 1.80 bits per heavy atom. The van der Waals surface area contributed by atoms with E-state index < -0.39 is 11.7 Å². The molecule has 142 valence electrons. The maximum atomic E-state index is 12.8. The number of rotatable bonds is 4. The molecule has 2 aliphatic heterocycles. The van der Waals surface area contributed by atoms with Gasteiger partial charge in [0.1, 0.15) is 0 Å². The highest BCUT2D eigenvalue weighted by molar-refractivity contribution is 5.85. The van der Waals surface area contributed by atoms with Crippen LogP contribution < -0.4 is 5.32 Å². The van der Waals surface area contributed by atoms with Crippen LogP contribution in [0.1, 0.15) is 24.5 Å². The zero-order chi connectivity index (χ0) is 17.2. The number of hydrogen-bond acceptors (Lipinski definition) is 3. The van der Waals surface area contributed by atoms with Gasteiger partial charge in [-0.2, -0.15) is 13.2 Å². The van der Waals surface area contributed by atoms with Gasteiger partial charge in [-0.1, -0.05) is 25.1 Å². The van der Waals surface area contributed by atoms with E-state index in [0.717, 1.165) is 57.4 Å². The van der Waals surface area contributed by atoms with E-state index in [4.69, 9.17) is 0 Å². The summed E-state index contributed by atoms with van der Waals surface area (Å²) in [6.45, 7) is 10.0. The fraction of sp³-hybridized carbons (Fsp3) is 0.667. The number of nitrogens with one attached hydrogen (secondary N) is 1. The first-order chi connectivity index (χ1) is 11.3. The van der Waals surface area contributed by atoms with Crippen molar-refractivity contribution in [2.24, 2.45) is 5.41 Å². The topological polar surface area (TPSA) is 18.5 Å². The van der Waals surface area contributed by atoms with Crippen LogP contribution in [-0.4, -0.2) is 55.6 Å². The zero-order valence-electron chi connectivity index (χ0n) is 14.6. The summed E-state index contributed by atoms with van der Waals surface area (Å²) in [6.07, 6.45) is -3.04. The first kappa shape index (κ1) is 20.5. The van der Waals surface area contributed by atoms with Crippen LogP contribution in [0.4, 0.5) is 13.2 Å². The van der Waals surface area contributed by atoms with Gasteiger partial charge in [-0.15, -0.1) is 12.4 Å². The van der Waals surface area contributed by atoms with E-state index in [9.17, 15) is 13.2 Å². The van der Waals surface area contributed by atoms with Crippen molar-refractivity contribution in [1.29, 1.82) is 0 Å². The van der Waals surface area contributed by atoms with E-state index in [1.54, 1.807) is 6.07 Å². The van der Waals surface area contributed by atoms with E-state index in [0.29, 0.717) is 12.0 Å². The van der Waals surface area contributed by atoms with Crippen LogP contribution in [-0.2, 0) is 12.7 Å². The number of alkyl halides is 3. The van der Waals surface area contributed by atoms with Crippen molar-refractivity contribution in [2.45, 2.75) is 26.1 Å². The third kappa shape index (κ3) is 5.58. The summed E-state index contributed by atoms with van der Waals surface area (Å²) in [5.74, 6) is 0. The summed E-state index contributed by atoms with van der Waals surface area (Å²) in [4.78, 5) is 4.75. The summed E-state index contributed by atoms with van der Waals surface area (Å²) in [5.41, 5.74) is 0.550. The van der Waals surface area contributed by atoms with Crippen molar-refractivity contribution in [3.63, 3.8) is 0 Å². The molecule has 2 heterocycles. The predicted molar refractivity (Wildman–Crippen MR) is 96.0 cm³/mol. The third-order valence-electron chi connectivity index (χ3n) is 5.19. The highest BCUT2D eigenvalue weighted by atomic mass is 35.5. The van der Waals surface area contributed by atoms with Gasteiger partial charge in [0, 0.05) is 45.8 Å². The molecule has 0 saturated carbocycles. The molecule has 3 nitrogen and oxygen atoms in total. The molecule has 1 unspecified atom stereocenters. The summed E-state index contributed by atoms with van der Waals surface area (Å²) >= 11 is 0. The monoisotopic (exact) mass is 377 g/mol. The third-order valence-corrected chi connectivity index (χ3v) is 5.19. The van der Waals surface area contributed by atoms with Crippen molar-refractivity contribution in [3.8, 4) is 0 Å². The summed E-state index contributed by atoms with van der Waals surface area (Å²) in [5, 5.41) is 3.43. The molecule has 7 heteroatoms. The van der Waals surface area contributed by atoms with Crippen LogP contribution in [0.2, 0.25) is 0 Å². The number of piperazine rings is 1. The smallest absolute Gasteiger partial charge is 0.316 e. The van der Waals surface area contributed by atoms with Crippen molar-refractivity contribution >= 4 is 12.4 Å². The molecular weight excluding hydrogens is 351 g/mol. The van der Waals surface area contributed by atoms with Crippen LogP contribution in [0.5, 0.6) is 0 Å². The Balaban J connectivity index is 0.00000225. The molecule has 0 bridgehead atoms. The molecule has 3 rings (SSSR count). The van der Waals surface area contributed by atoms with Gasteiger partial charge in [-0.25, -0.2) is 0 Å². The maximum Gasteiger partial charge on any atom is 0.416 e. The molecule has 0 amide bonds. The molecule has 1 aromatic rings. The first-order valence-corrected chi connectivity index (χ1v) is 8.66. The van der Waals surface area contributed by atoms with Gasteiger partial charge in [-0.05, 0) is 30.0 Å². The Kier molecular flexibility index (Phi) is 6.76. The fourth-order valence-corrected chi connectivity index (χ4v) is 3.75. The molecule has 1 aromatic carbocycles. The van der Waals surface area contributed by atoms with Crippen LogP contribution in [0.15, 0.2) is 24.3 Å². The van der Waals surface area contributed by atoms with Crippen LogP contribution >= 0.6 is 12.4 Å². The summed E-state index contributed by atoms with van der Waals surface area (Å²) < 4.78 is 38.4. The Morgan fingerprint density at radius 3 is 2.40 bits per heavy atom. The lowest BCUT2D eigenvalue weighted by molar-refractivity contribution is -0.137. The normalized spacial score (nSPS) is 25.8. The molecule has 25 heavy (non-hydrogen) atoms. The van der Waals surface area contributed by atoms with Gasteiger partial charge in [0.05, 0.1) is 5.56 Å². The van der Waals surface area contributed by atoms with E-state index in [2.05, 4.69) is 22.0 Å². The van der Waals surface area contributed by atoms with Crippen molar-refractivity contribution in [1.82, 2.24) is 15.1 Å². The maximum absolute atomic E-state index is 12.8. The molecule has 1 atom stereocenters. The number of hydrogen-bond donors (Lipinski definition) is 1. The van der Waals surface area contributed by atoms with Gasteiger partial charge in [0.15, 0.2) is 0 Å². The second-order valence-electron chi connectivity index (χ2n) is 7.49. The van der Waals surface area contributed by atoms with Gasteiger partial charge in [-0.3, -0.25) is 4.90 Å². The summed E-state index contributed by atoms with van der Waals surface area (Å²) in [7, 11) is 0. The Bertz CT molecular complexity index is 551. The van der Waals surface area contributed by atoms with Gasteiger partial charge in [0.25, 0.3) is 0 Å². The minimum atomic E-state index is -4.26. The minimum absolute atomic E-state index is 0. The quantitative estimate of drug-likeness (QED) is 0.869. The van der Waals surface area contributed by atoms with Gasteiger partial charge >= 0.3 is 6.18 Å². The molecule has 2 aliphatic rings. The van der Waals surface area contributed by atoms with E-state index in [-0.39, 0.29) is 12.4 Å². The molecule has 1 N–H and O–H groups in total. The predicted octanol–water partition coefficient (Wildman–Crippen LogP) is 3.24. The summed E-state index contributed by atoms with van der Waals surface area (Å²) in [6, 6.07) is 5.70. The van der Waals surface area contributed by atoms with Crippen LogP contribution in [0.3, 0.4) is 0 Å². The van der Waals surface area contributed by atoms with E-state index in [1.807, 2.05) is 0 Å². The number of benzene rings is 1. The largest absolute Gasteiger partial charge is 0.416 e. The molecule has 0 spiro atoms. The second kappa shape index (κ2) is 8.25. The van der Waals surface area contributed by atoms with Crippen LogP contribution in [0.25, 0.3) is 0 Å². The highest BCUT2D eigenvalue weighted by Crippen LogP contribution is 2.30. The molecule has 0 radical (unpaired) electrons. The molecule has 2 saturated heterocycles. The second-order valence-corrected chi connectivity index (χ2v) is 7.49. The first-order valence-electron chi connectivity index (χ1n) is 8.66. The molecule has 0 aliphatic carbocycles. The van der Waals surface area contributed by atoms with Crippen molar-refractivity contribution in [3.05, 3.63) is 35.4 Å². The lowest BCUT2D eigenvalue weighted by atomic mass is 9.89. The van der Waals surface area contributed by atoms with Gasteiger partial charge < -0.3 is 10.2 Å². The lowest BCUT2D eigenvalue weighted by Gasteiger charge is -2.38. The van der Waals surface area contributed by atoms with Gasteiger partial charge in [0.2, 0.25) is 0 Å². The Hall–Kier alpha value is -0.820. The van der Waals surface area contributed by atoms with Crippen molar-refractivity contribution in [2.75, 3.05) is 45.8 Å². The average molecular weight is 378 g/mol. The average Bonchev–Trinajstić information content (AvgIpc) is 2.95. The molecular formula is C18H27ClF3N3. The standard InChI is InChI=1S/C18H26F3N3.ClH/c1-17(5-6-22-13-17)14-24-9-7-23(8-10-24)12-15-3-2-4-16(11-15)18(19,20)21;/h2-4,11,22H,5-10,12-14H2,1H3;1H. The Morgan fingerprint density at radius 1 is 1.12 bits per heavy atom. The molecule has 2 fully saturated rings. The lowest BCUT2D eigenvalue weighted by Crippen LogP contribution is -2.49. The van der Waals surface area contributed by atoms with Crippen molar-refractivity contribution < 1.29 is 13.2 Å². The van der Waals surface area contributed by atoms with E-state index >= 15 is 0 Å². The SMILES string of the molecule is CC1(CN2CCN(Cc3cccc(C(F)(F)F)c3)CC2)CCNC1.Cl. The van der Waals surface area contributed by atoms with Crippen LogP contribution in [0, 0.1) is 5.41 Å². The zero-order valence-corrected chi connectivity index (χ0v) is 15.4.